The standard InChI is InChI=1S/C18H28N2O2/c1-5-6-11-19(4)18(22)10-12-20(16(3)21)14-17-9-7-8-15(2)13-17/h7-9,13H,5-6,10-12,14H2,1-4H3. The molecule has 0 fully saturated rings. The average Bonchev–Trinajstić information content (AvgIpc) is 2.48. The SMILES string of the molecule is CCCCN(C)C(=O)CCN(Cc1cccc(C)c1)C(C)=O. The third kappa shape index (κ3) is 6.29. The summed E-state index contributed by atoms with van der Waals surface area (Å²) in [7, 11) is 1.83. The van der Waals surface area contributed by atoms with Gasteiger partial charge < -0.3 is 9.80 Å². The minimum atomic E-state index is 0.00511. The van der Waals surface area contributed by atoms with Gasteiger partial charge in [-0.3, -0.25) is 9.59 Å². The molecule has 4 heteroatoms. The summed E-state index contributed by atoms with van der Waals surface area (Å²) in [6.45, 7) is 7.52. The first kappa shape index (κ1) is 18.2. The summed E-state index contributed by atoms with van der Waals surface area (Å²) in [6.07, 6.45) is 2.47. The maximum atomic E-state index is 12.1. The molecule has 0 spiro atoms. The van der Waals surface area contributed by atoms with E-state index in [2.05, 4.69) is 13.0 Å². The largest absolute Gasteiger partial charge is 0.346 e. The van der Waals surface area contributed by atoms with E-state index in [0.29, 0.717) is 19.5 Å². The van der Waals surface area contributed by atoms with Crippen molar-refractivity contribution in [3.05, 3.63) is 35.4 Å². The van der Waals surface area contributed by atoms with Gasteiger partial charge in [-0.1, -0.05) is 43.2 Å². The zero-order valence-corrected chi connectivity index (χ0v) is 14.3. The van der Waals surface area contributed by atoms with Gasteiger partial charge in [0.15, 0.2) is 0 Å². The van der Waals surface area contributed by atoms with Gasteiger partial charge in [-0.15, -0.1) is 0 Å². The average molecular weight is 304 g/mol. The third-order valence-corrected chi connectivity index (χ3v) is 3.77. The van der Waals surface area contributed by atoms with E-state index in [-0.39, 0.29) is 11.8 Å². The van der Waals surface area contributed by atoms with E-state index < -0.39 is 0 Å². The highest BCUT2D eigenvalue weighted by Gasteiger charge is 2.14. The Hall–Kier alpha value is -1.84. The molecule has 0 aliphatic rings. The van der Waals surface area contributed by atoms with Crippen LogP contribution in [0.1, 0.15) is 44.2 Å². The first-order valence-corrected chi connectivity index (χ1v) is 7.99. The lowest BCUT2D eigenvalue weighted by Crippen LogP contribution is -2.34. The van der Waals surface area contributed by atoms with Crippen molar-refractivity contribution < 1.29 is 9.59 Å². The van der Waals surface area contributed by atoms with Crippen LogP contribution in [0.25, 0.3) is 0 Å². The Kier molecular flexibility index (Phi) is 7.64. The molecular weight excluding hydrogens is 276 g/mol. The number of rotatable bonds is 8. The van der Waals surface area contributed by atoms with Crippen LogP contribution in [0.3, 0.4) is 0 Å². The molecule has 4 nitrogen and oxygen atoms in total. The molecule has 0 N–H and O–H groups in total. The van der Waals surface area contributed by atoms with Crippen molar-refractivity contribution >= 4 is 11.8 Å². The quantitative estimate of drug-likeness (QED) is 0.741. The molecule has 122 valence electrons. The Labute approximate surface area is 134 Å². The minimum absolute atomic E-state index is 0.00511. The molecule has 0 aromatic heterocycles. The van der Waals surface area contributed by atoms with Gasteiger partial charge in [-0.2, -0.15) is 0 Å². The Bertz CT molecular complexity index is 500. The lowest BCUT2D eigenvalue weighted by atomic mass is 10.1. The minimum Gasteiger partial charge on any atom is -0.346 e. The van der Waals surface area contributed by atoms with Crippen molar-refractivity contribution in [3.8, 4) is 0 Å². The summed E-state index contributed by atoms with van der Waals surface area (Å²) in [4.78, 5) is 27.4. The van der Waals surface area contributed by atoms with Crippen LogP contribution in [0.15, 0.2) is 24.3 Å². The van der Waals surface area contributed by atoms with Crippen molar-refractivity contribution in [2.75, 3.05) is 20.1 Å². The van der Waals surface area contributed by atoms with Crippen molar-refractivity contribution in [1.29, 1.82) is 0 Å². The molecule has 0 radical (unpaired) electrons. The molecule has 0 saturated carbocycles. The normalized spacial score (nSPS) is 10.4. The Balaban J connectivity index is 2.54. The lowest BCUT2D eigenvalue weighted by molar-refractivity contribution is -0.133. The second-order valence-corrected chi connectivity index (χ2v) is 5.85. The van der Waals surface area contributed by atoms with Crippen molar-refractivity contribution in [2.24, 2.45) is 0 Å². The highest BCUT2D eigenvalue weighted by atomic mass is 16.2. The molecule has 22 heavy (non-hydrogen) atoms. The van der Waals surface area contributed by atoms with E-state index in [4.69, 9.17) is 0 Å². The molecule has 0 aliphatic carbocycles. The highest BCUT2D eigenvalue weighted by Crippen LogP contribution is 2.09. The number of aryl methyl sites for hydroxylation is 1. The fourth-order valence-electron chi connectivity index (χ4n) is 2.32. The number of hydrogen-bond acceptors (Lipinski definition) is 2. The number of unbranched alkanes of at least 4 members (excludes halogenated alkanes) is 1. The molecular formula is C18H28N2O2. The van der Waals surface area contributed by atoms with Gasteiger partial charge in [0.05, 0.1) is 0 Å². The maximum Gasteiger partial charge on any atom is 0.224 e. The molecule has 0 bridgehead atoms. The Morgan fingerprint density at radius 1 is 1.18 bits per heavy atom. The van der Waals surface area contributed by atoms with Gasteiger partial charge in [0.2, 0.25) is 11.8 Å². The van der Waals surface area contributed by atoms with Gasteiger partial charge in [0.1, 0.15) is 0 Å². The number of carbonyl (C=O) groups is 2. The van der Waals surface area contributed by atoms with Crippen molar-refractivity contribution in [3.63, 3.8) is 0 Å². The molecule has 2 amide bonds. The predicted molar refractivity (Wildman–Crippen MR) is 89.4 cm³/mol. The summed E-state index contributed by atoms with van der Waals surface area (Å²) in [6, 6.07) is 8.11. The van der Waals surface area contributed by atoms with E-state index >= 15 is 0 Å². The van der Waals surface area contributed by atoms with Crippen LogP contribution in [0.4, 0.5) is 0 Å². The summed E-state index contributed by atoms with van der Waals surface area (Å²) in [5.41, 5.74) is 2.28. The highest BCUT2D eigenvalue weighted by molar-refractivity contribution is 5.78. The van der Waals surface area contributed by atoms with E-state index in [1.165, 1.54) is 5.56 Å². The van der Waals surface area contributed by atoms with Gasteiger partial charge in [0.25, 0.3) is 0 Å². The molecule has 1 aromatic carbocycles. The maximum absolute atomic E-state index is 12.1. The molecule has 0 aliphatic heterocycles. The Morgan fingerprint density at radius 3 is 2.50 bits per heavy atom. The molecule has 0 unspecified atom stereocenters. The first-order chi connectivity index (χ1) is 10.4. The van der Waals surface area contributed by atoms with E-state index in [9.17, 15) is 9.59 Å². The summed E-state index contributed by atoms with van der Waals surface area (Å²) >= 11 is 0. The van der Waals surface area contributed by atoms with Crippen molar-refractivity contribution in [1.82, 2.24) is 9.80 Å². The molecule has 1 rings (SSSR count). The second kappa shape index (κ2) is 9.23. The van der Waals surface area contributed by atoms with Crippen LogP contribution in [0.5, 0.6) is 0 Å². The van der Waals surface area contributed by atoms with E-state index in [1.807, 2.05) is 32.2 Å². The summed E-state index contributed by atoms with van der Waals surface area (Å²) in [5, 5.41) is 0. The van der Waals surface area contributed by atoms with Crippen LogP contribution in [0.2, 0.25) is 0 Å². The van der Waals surface area contributed by atoms with Crippen LogP contribution in [-0.4, -0.2) is 41.8 Å². The zero-order valence-electron chi connectivity index (χ0n) is 14.3. The van der Waals surface area contributed by atoms with E-state index in [1.54, 1.807) is 16.7 Å². The summed E-state index contributed by atoms with van der Waals surface area (Å²) in [5.74, 6) is 0.106. The first-order valence-electron chi connectivity index (χ1n) is 7.99. The zero-order chi connectivity index (χ0) is 16.5. The number of amides is 2. The second-order valence-electron chi connectivity index (χ2n) is 5.85. The smallest absolute Gasteiger partial charge is 0.224 e. The number of nitrogens with zero attached hydrogens (tertiary/aromatic N) is 2. The number of hydrogen-bond donors (Lipinski definition) is 0. The van der Waals surface area contributed by atoms with Crippen LogP contribution < -0.4 is 0 Å². The van der Waals surface area contributed by atoms with Crippen LogP contribution in [0, 0.1) is 6.92 Å². The fraction of sp³-hybridized carbons (Fsp3) is 0.556. The monoisotopic (exact) mass is 304 g/mol. The topological polar surface area (TPSA) is 40.6 Å². The number of carbonyl (C=O) groups excluding carboxylic acids is 2. The van der Waals surface area contributed by atoms with Gasteiger partial charge >= 0.3 is 0 Å². The van der Waals surface area contributed by atoms with Gasteiger partial charge in [-0.05, 0) is 18.9 Å². The predicted octanol–water partition coefficient (Wildman–Crippen LogP) is 2.99. The van der Waals surface area contributed by atoms with Gasteiger partial charge in [0, 0.05) is 40.0 Å². The molecule has 1 aromatic rings. The molecule has 0 saturated heterocycles. The third-order valence-electron chi connectivity index (χ3n) is 3.77. The number of benzene rings is 1. The van der Waals surface area contributed by atoms with Crippen LogP contribution in [-0.2, 0) is 16.1 Å². The Morgan fingerprint density at radius 2 is 1.91 bits per heavy atom. The fourth-order valence-corrected chi connectivity index (χ4v) is 2.32. The molecule has 0 heterocycles. The summed E-state index contributed by atoms with van der Waals surface area (Å²) < 4.78 is 0. The van der Waals surface area contributed by atoms with Gasteiger partial charge in [-0.25, -0.2) is 0 Å². The molecule has 0 atom stereocenters. The van der Waals surface area contributed by atoms with Crippen molar-refractivity contribution in [2.45, 2.75) is 46.6 Å². The van der Waals surface area contributed by atoms with E-state index in [0.717, 1.165) is 24.9 Å². The van der Waals surface area contributed by atoms with Crippen LogP contribution >= 0.6 is 0 Å². The lowest BCUT2D eigenvalue weighted by Gasteiger charge is -2.23.